The molecule has 0 unspecified atom stereocenters. The summed E-state index contributed by atoms with van der Waals surface area (Å²) in [5.41, 5.74) is 3.73. The van der Waals surface area contributed by atoms with Crippen LogP contribution < -0.4 is 0 Å². The zero-order chi connectivity index (χ0) is 16.3. The van der Waals surface area contributed by atoms with Crippen LogP contribution in [0.15, 0.2) is 35.5 Å². The fourth-order valence-electron chi connectivity index (χ4n) is 3.39. The lowest BCUT2D eigenvalue weighted by molar-refractivity contribution is 0.176. The molecule has 1 heterocycles. The summed E-state index contributed by atoms with van der Waals surface area (Å²) < 4.78 is 5.99. The third-order valence-electron chi connectivity index (χ3n) is 5.40. The molecule has 2 rings (SSSR count). The Bertz CT molecular complexity index is 474. The monoisotopic (exact) mass is 304 g/mol. The standard InChI is InChI=1S/C20H32O2/c1-14(2)17-12-18(21)16(4)10-6-8-15(3)9-7-11-20(5)19(13-17)22-20/h9-10,17-19,21H,1,6-8,11-13H2,2-5H3/b15-9+,16-10+/t17-,18+,19-,20-/m1/s1. The van der Waals surface area contributed by atoms with Crippen molar-refractivity contribution in [2.45, 2.75) is 84.0 Å². The van der Waals surface area contributed by atoms with Gasteiger partial charge in [0, 0.05) is 0 Å². The molecular weight excluding hydrogens is 272 g/mol. The highest BCUT2D eigenvalue weighted by molar-refractivity contribution is 5.12. The summed E-state index contributed by atoms with van der Waals surface area (Å²) in [6, 6.07) is 0. The van der Waals surface area contributed by atoms with Crippen molar-refractivity contribution in [2.24, 2.45) is 5.92 Å². The number of aliphatic hydroxyl groups is 1. The van der Waals surface area contributed by atoms with Gasteiger partial charge in [0.25, 0.3) is 0 Å². The van der Waals surface area contributed by atoms with E-state index in [0.717, 1.165) is 49.7 Å². The first-order valence-electron chi connectivity index (χ1n) is 8.65. The maximum Gasteiger partial charge on any atom is 0.0923 e. The molecule has 0 radical (unpaired) electrons. The van der Waals surface area contributed by atoms with Gasteiger partial charge in [-0.05, 0) is 77.7 Å². The zero-order valence-corrected chi connectivity index (χ0v) is 14.7. The quantitative estimate of drug-likeness (QED) is 0.549. The largest absolute Gasteiger partial charge is 0.389 e. The van der Waals surface area contributed by atoms with Crippen molar-refractivity contribution >= 4 is 0 Å². The maximum absolute atomic E-state index is 10.5. The normalized spacial score (nSPS) is 42.1. The van der Waals surface area contributed by atoms with Crippen molar-refractivity contribution in [3.05, 3.63) is 35.5 Å². The maximum atomic E-state index is 10.5. The van der Waals surface area contributed by atoms with E-state index in [1.165, 1.54) is 5.57 Å². The molecule has 0 aromatic rings. The van der Waals surface area contributed by atoms with Crippen LogP contribution in [0, 0.1) is 5.92 Å². The molecule has 0 aromatic heterocycles. The van der Waals surface area contributed by atoms with Gasteiger partial charge in [-0.3, -0.25) is 0 Å². The van der Waals surface area contributed by atoms with Crippen molar-refractivity contribution in [1.82, 2.24) is 0 Å². The van der Waals surface area contributed by atoms with E-state index in [4.69, 9.17) is 4.74 Å². The van der Waals surface area contributed by atoms with Gasteiger partial charge in [0.1, 0.15) is 0 Å². The van der Waals surface area contributed by atoms with E-state index >= 15 is 0 Å². The van der Waals surface area contributed by atoms with Gasteiger partial charge in [-0.15, -0.1) is 0 Å². The van der Waals surface area contributed by atoms with E-state index < -0.39 is 0 Å². The van der Waals surface area contributed by atoms with E-state index in [9.17, 15) is 5.11 Å². The number of rotatable bonds is 1. The van der Waals surface area contributed by atoms with Gasteiger partial charge in [0.2, 0.25) is 0 Å². The number of aliphatic hydroxyl groups excluding tert-OH is 1. The molecule has 124 valence electrons. The molecule has 2 aliphatic rings. The first-order chi connectivity index (χ1) is 10.3. The smallest absolute Gasteiger partial charge is 0.0923 e. The summed E-state index contributed by atoms with van der Waals surface area (Å²) in [6.45, 7) is 12.7. The van der Waals surface area contributed by atoms with Crippen molar-refractivity contribution in [3.8, 4) is 0 Å². The number of allylic oxidation sites excluding steroid dienone is 4. The minimum absolute atomic E-state index is 0.0322. The topological polar surface area (TPSA) is 32.8 Å². The fraction of sp³-hybridized carbons (Fsp3) is 0.700. The Morgan fingerprint density at radius 3 is 2.68 bits per heavy atom. The summed E-state index contributed by atoms with van der Waals surface area (Å²) in [5, 5.41) is 10.5. The summed E-state index contributed by atoms with van der Waals surface area (Å²) >= 11 is 0. The number of hydrogen-bond acceptors (Lipinski definition) is 2. The van der Waals surface area contributed by atoms with Crippen molar-refractivity contribution < 1.29 is 9.84 Å². The van der Waals surface area contributed by atoms with Gasteiger partial charge in [-0.25, -0.2) is 0 Å². The van der Waals surface area contributed by atoms with E-state index in [2.05, 4.69) is 39.5 Å². The minimum Gasteiger partial charge on any atom is -0.389 e. The van der Waals surface area contributed by atoms with Crippen LogP contribution in [0.4, 0.5) is 0 Å². The van der Waals surface area contributed by atoms with Crippen LogP contribution in [0.5, 0.6) is 0 Å². The molecule has 0 saturated carbocycles. The number of epoxide rings is 1. The SMILES string of the molecule is C=C(C)[C@@H]1C[C@H](O)/C(C)=C/CC/C(C)=C/CC[C@@]2(C)O[C@@H]2C1. The highest BCUT2D eigenvalue weighted by atomic mass is 16.6. The van der Waals surface area contributed by atoms with Crippen LogP contribution in [0.1, 0.15) is 66.2 Å². The van der Waals surface area contributed by atoms with Crippen molar-refractivity contribution in [1.29, 1.82) is 0 Å². The van der Waals surface area contributed by atoms with Crippen molar-refractivity contribution in [2.75, 3.05) is 0 Å². The molecule has 0 amide bonds. The van der Waals surface area contributed by atoms with E-state index in [1.54, 1.807) is 0 Å². The Labute approximate surface area is 136 Å². The van der Waals surface area contributed by atoms with Gasteiger partial charge in [-0.1, -0.05) is 29.9 Å². The van der Waals surface area contributed by atoms with E-state index in [-0.39, 0.29) is 11.7 Å². The van der Waals surface area contributed by atoms with Gasteiger partial charge in [0.05, 0.1) is 17.8 Å². The highest BCUT2D eigenvalue weighted by Gasteiger charge is 2.51. The predicted octanol–water partition coefficient (Wildman–Crippen LogP) is 4.94. The molecule has 1 aliphatic heterocycles. The molecule has 2 heteroatoms. The first-order valence-corrected chi connectivity index (χ1v) is 8.65. The molecule has 4 atom stereocenters. The summed E-state index contributed by atoms with van der Waals surface area (Å²) in [7, 11) is 0. The van der Waals surface area contributed by atoms with Crippen LogP contribution in [0.2, 0.25) is 0 Å². The molecule has 0 aromatic carbocycles. The molecule has 0 spiro atoms. The molecule has 2 nitrogen and oxygen atoms in total. The van der Waals surface area contributed by atoms with Crippen molar-refractivity contribution in [3.63, 3.8) is 0 Å². The number of ether oxygens (including phenoxy) is 1. The second-order valence-electron chi connectivity index (χ2n) is 7.53. The van der Waals surface area contributed by atoms with Gasteiger partial charge in [0.15, 0.2) is 0 Å². The third-order valence-corrected chi connectivity index (χ3v) is 5.40. The Morgan fingerprint density at radius 1 is 1.27 bits per heavy atom. The second-order valence-corrected chi connectivity index (χ2v) is 7.53. The van der Waals surface area contributed by atoms with Crippen LogP contribution in [-0.2, 0) is 4.74 Å². The lowest BCUT2D eigenvalue weighted by Crippen LogP contribution is -2.19. The summed E-state index contributed by atoms with van der Waals surface area (Å²) in [6.07, 6.45) is 10.5. The Balaban J connectivity index is 2.12. The van der Waals surface area contributed by atoms with E-state index in [0.29, 0.717) is 12.0 Å². The molecule has 1 aliphatic carbocycles. The molecule has 1 fully saturated rings. The summed E-state index contributed by atoms with van der Waals surface area (Å²) in [5.74, 6) is 0.338. The molecule has 0 bridgehead atoms. The Morgan fingerprint density at radius 2 is 2.00 bits per heavy atom. The fourth-order valence-corrected chi connectivity index (χ4v) is 3.39. The number of hydrogen-bond donors (Lipinski definition) is 1. The van der Waals surface area contributed by atoms with Crippen LogP contribution >= 0.6 is 0 Å². The van der Waals surface area contributed by atoms with Crippen LogP contribution in [0.25, 0.3) is 0 Å². The Hall–Kier alpha value is -0.860. The average Bonchev–Trinajstić information content (AvgIpc) is 3.07. The van der Waals surface area contributed by atoms with Gasteiger partial charge in [-0.2, -0.15) is 0 Å². The highest BCUT2D eigenvalue weighted by Crippen LogP contribution is 2.45. The van der Waals surface area contributed by atoms with E-state index in [1.807, 2.05) is 6.92 Å². The Kier molecular flexibility index (Phi) is 5.68. The second kappa shape index (κ2) is 7.14. The third kappa shape index (κ3) is 4.57. The lowest BCUT2D eigenvalue weighted by atomic mass is 9.85. The zero-order valence-electron chi connectivity index (χ0n) is 14.7. The lowest BCUT2D eigenvalue weighted by Gasteiger charge is -2.21. The minimum atomic E-state index is -0.362. The number of fused-ring (bicyclic) bond motifs is 1. The average molecular weight is 304 g/mol. The molecule has 1 saturated heterocycles. The van der Waals surface area contributed by atoms with Crippen LogP contribution in [-0.4, -0.2) is 22.9 Å². The predicted molar refractivity (Wildman–Crippen MR) is 92.8 cm³/mol. The van der Waals surface area contributed by atoms with Crippen LogP contribution in [0.3, 0.4) is 0 Å². The van der Waals surface area contributed by atoms with Gasteiger partial charge >= 0.3 is 0 Å². The molecular formula is C20H32O2. The summed E-state index contributed by atoms with van der Waals surface area (Å²) in [4.78, 5) is 0. The molecule has 1 N–H and O–H groups in total. The first kappa shape index (κ1) is 17.5. The molecule has 22 heavy (non-hydrogen) atoms. The van der Waals surface area contributed by atoms with Gasteiger partial charge < -0.3 is 9.84 Å².